The van der Waals surface area contributed by atoms with Crippen LogP contribution in [-0.4, -0.2) is 53.0 Å². The molecule has 0 aromatic heterocycles. The summed E-state index contributed by atoms with van der Waals surface area (Å²) < 4.78 is 34.2. The largest absolute Gasteiger partial charge is 0.453 e. The van der Waals surface area contributed by atoms with Gasteiger partial charge in [0, 0.05) is 6.92 Å². The van der Waals surface area contributed by atoms with E-state index in [0.717, 1.165) is 16.7 Å². The third-order valence-corrected chi connectivity index (χ3v) is 6.86. The summed E-state index contributed by atoms with van der Waals surface area (Å²) in [6.45, 7) is 2.01. The van der Waals surface area contributed by atoms with Gasteiger partial charge in [0.2, 0.25) is 12.2 Å². The predicted molar refractivity (Wildman–Crippen MR) is 159 cm³/mol. The van der Waals surface area contributed by atoms with Gasteiger partial charge in [0.15, 0.2) is 6.10 Å². The zero-order valence-electron chi connectivity index (χ0n) is 22.9. The molecule has 1 heterocycles. The lowest BCUT2D eigenvalue weighted by atomic mass is 9.98. The lowest BCUT2D eigenvalue weighted by Gasteiger charge is -2.45. The second kappa shape index (κ2) is 15.7. The first-order chi connectivity index (χ1) is 20.2. The van der Waals surface area contributed by atoms with E-state index in [2.05, 4.69) is 0 Å². The van der Waals surface area contributed by atoms with E-state index in [4.69, 9.17) is 68.6 Å². The molecule has 0 bridgehead atoms. The maximum Gasteiger partial charge on any atom is 0.303 e. The Morgan fingerprint density at radius 3 is 1.69 bits per heavy atom. The number of hydrogen-bond acceptors (Lipinski definition) is 8. The van der Waals surface area contributed by atoms with E-state index < -0.39 is 46.4 Å². The summed E-state index contributed by atoms with van der Waals surface area (Å²) in [6.07, 6.45) is -5.01. The fourth-order valence-electron chi connectivity index (χ4n) is 4.40. The molecule has 5 atom stereocenters. The van der Waals surface area contributed by atoms with Gasteiger partial charge in [-0.1, -0.05) is 126 Å². The quantitative estimate of drug-likeness (QED) is 0.106. The maximum absolute atomic E-state index is 12.3. The molecular formula is C31H32Cl3NO7. The van der Waals surface area contributed by atoms with Gasteiger partial charge < -0.3 is 28.4 Å². The third kappa shape index (κ3) is 9.67. The highest BCUT2D eigenvalue weighted by Gasteiger charge is 2.52. The highest BCUT2D eigenvalue weighted by Crippen LogP contribution is 2.34. The van der Waals surface area contributed by atoms with Crippen LogP contribution in [0.1, 0.15) is 23.6 Å². The van der Waals surface area contributed by atoms with Crippen molar-refractivity contribution >= 4 is 46.7 Å². The van der Waals surface area contributed by atoms with Crippen LogP contribution < -0.4 is 0 Å². The van der Waals surface area contributed by atoms with Crippen LogP contribution >= 0.6 is 34.8 Å². The van der Waals surface area contributed by atoms with Gasteiger partial charge >= 0.3 is 5.97 Å². The van der Waals surface area contributed by atoms with Crippen molar-refractivity contribution in [3.63, 3.8) is 0 Å². The molecule has 0 saturated carbocycles. The second-order valence-corrected chi connectivity index (χ2v) is 11.9. The van der Waals surface area contributed by atoms with Gasteiger partial charge in [-0.05, 0) is 16.7 Å². The number of carbonyl (C=O) groups excluding carboxylic acids is 1. The summed E-state index contributed by atoms with van der Waals surface area (Å²) in [5.41, 5.74) is 2.77. The predicted octanol–water partition coefficient (Wildman–Crippen LogP) is 6.39. The number of hydrogen-bond donors (Lipinski definition) is 1. The number of carbonyl (C=O) groups is 1. The first-order valence-electron chi connectivity index (χ1n) is 13.3. The fourth-order valence-corrected chi connectivity index (χ4v) is 4.53. The Kier molecular flexibility index (Phi) is 12.0. The molecule has 0 amide bonds. The molecule has 3 aromatic carbocycles. The molecule has 224 valence electrons. The zero-order chi connectivity index (χ0) is 30.0. The lowest BCUT2D eigenvalue weighted by Crippen LogP contribution is -2.62. The monoisotopic (exact) mass is 635 g/mol. The minimum Gasteiger partial charge on any atom is -0.453 e. The van der Waals surface area contributed by atoms with Crippen LogP contribution in [0.4, 0.5) is 0 Å². The standard InChI is InChI=1S/C31H32Cl3NO7/c1-21(36)40-28-27(39-19-24-15-9-4-10-16-24)26(38-18-23-13-7-3-8-14-23)25(20-37-17-22-11-5-2-6-12-22)41-29(28)42-30(35)31(32,33)34/h2-16,25-29,35H,17-20H2,1H3. The van der Waals surface area contributed by atoms with Crippen molar-refractivity contribution < 1.29 is 33.2 Å². The van der Waals surface area contributed by atoms with Gasteiger partial charge in [-0.15, -0.1) is 0 Å². The summed E-state index contributed by atoms with van der Waals surface area (Å²) in [6, 6.07) is 28.8. The molecule has 3 aromatic rings. The lowest BCUT2D eigenvalue weighted by molar-refractivity contribution is -0.305. The molecule has 0 aliphatic carbocycles. The van der Waals surface area contributed by atoms with Gasteiger partial charge in [0.25, 0.3) is 3.79 Å². The molecule has 1 aliphatic rings. The van der Waals surface area contributed by atoms with Crippen molar-refractivity contribution in [1.82, 2.24) is 0 Å². The summed E-state index contributed by atoms with van der Waals surface area (Å²) >= 11 is 17.7. The highest BCUT2D eigenvalue weighted by molar-refractivity contribution is 6.76. The van der Waals surface area contributed by atoms with Gasteiger partial charge in [0.1, 0.15) is 18.3 Å². The number of alkyl halides is 3. The molecule has 42 heavy (non-hydrogen) atoms. The number of rotatable bonds is 12. The molecule has 8 nitrogen and oxygen atoms in total. The average molecular weight is 637 g/mol. The average Bonchev–Trinajstić information content (AvgIpc) is 2.97. The molecule has 1 aliphatic heterocycles. The van der Waals surface area contributed by atoms with E-state index >= 15 is 0 Å². The minimum atomic E-state index is -2.18. The Morgan fingerprint density at radius 1 is 0.738 bits per heavy atom. The van der Waals surface area contributed by atoms with Crippen molar-refractivity contribution in [3.8, 4) is 0 Å². The molecule has 0 spiro atoms. The van der Waals surface area contributed by atoms with Crippen LogP contribution in [0.25, 0.3) is 0 Å². The molecule has 1 fully saturated rings. The Morgan fingerprint density at radius 2 is 1.21 bits per heavy atom. The molecular weight excluding hydrogens is 605 g/mol. The van der Waals surface area contributed by atoms with Crippen LogP contribution in [0.15, 0.2) is 91.0 Å². The van der Waals surface area contributed by atoms with Gasteiger partial charge in [-0.25, -0.2) is 0 Å². The normalized spacial score (nSPS) is 22.3. The first-order valence-corrected chi connectivity index (χ1v) is 14.4. The van der Waals surface area contributed by atoms with Crippen LogP contribution in [0.2, 0.25) is 0 Å². The highest BCUT2D eigenvalue weighted by atomic mass is 35.6. The number of ether oxygens (including phenoxy) is 6. The summed E-state index contributed by atoms with van der Waals surface area (Å²) in [7, 11) is 0. The molecule has 11 heteroatoms. The van der Waals surface area contributed by atoms with E-state index in [1.54, 1.807) is 0 Å². The van der Waals surface area contributed by atoms with E-state index in [-0.39, 0.29) is 19.8 Å². The van der Waals surface area contributed by atoms with E-state index in [9.17, 15) is 4.79 Å². The molecule has 1 N–H and O–H groups in total. The van der Waals surface area contributed by atoms with E-state index in [1.165, 1.54) is 6.92 Å². The van der Waals surface area contributed by atoms with Crippen LogP contribution in [0, 0.1) is 5.41 Å². The Labute approximate surface area is 260 Å². The Balaban J connectivity index is 1.64. The van der Waals surface area contributed by atoms with Crippen LogP contribution in [0.3, 0.4) is 0 Å². The molecule has 5 unspecified atom stereocenters. The Hall–Kier alpha value is -2.69. The van der Waals surface area contributed by atoms with Crippen molar-refractivity contribution in [1.29, 1.82) is 5.41 Å². The van der Waals surface area contributed by atoms with Crippen molar-refractivity contribution in [2.24, 2.45) is 0 Å². The molecule has 4 rings (SSSR count). The van der Waals surface area contributed by atoms with Gasteiger partial charge in [-0.2, -0.15) is 0 Å². The summed E-state index contributed by atoms with van der Waals surface area (Å²) in [5, 5.41) is 8.17. The summed E-state index contributed by atoms with van der Waals surface area (Å²) in [5.74, 6) is -1.32. The second-order valence-electron chi connectivity index (χ2n) is 9.58. The van der Waals surface area contributed by atoms with E-state index in [1.807, 2.05) is 91.0 Å². The van der Waals surface area contributed by atoms with Crippen molar-refractivity contribution in [2.75, 3.05) is 6.61 Å². The van der Waals surface area contributed by atoms with Crippen LogP contribution in [0.5, 0.6) is 0 Å². The Bertz CT molecular complexity index is 1260. The number of halogens is 3. The third-order valence-electron chi connectivity index (χ3n) is 6.35. The minimum absolute atomic E-state index is 0.0628. The maximum atomic E-state index is 12.3. The molecule has 0 radical (unpaired) electrons. The summed E-state index contributed by atoms with van der Waals surface area (Å²) in [4.78, 5) is 12.3. The topological polar surface area (TPSA) is 96.3 Å². The molecule has 1 saturated heterocycles. The van der Waals surface area contributed by atoms with Crippen molar-refractivity contribution in [2.45, 2.75) is 61.2 Å². The van der Waals surface area contributed by atoms with Crippen molar-refractivity contribution in [3.05, 3.63) is 108 Å². The number of esters is 1. The fraction of sp³-hybridized carbons (Fsp3) is 0.355. The van der Waals surface area contributed by atoms with Gasteiger partial charge in [0.05, 0.1) is 26.4 Å². The number of benzene rings is 3. The smallest absolute Gasteiger partial charge is 0.303 e. The van der Waals surface area contributed by atoms with E-state index in [0.29, 0.717) is 6.61 Å². The zero-order valence-corrected chi connectivity index (χ0v) is 25.1. The SMILES string of the molecule is CC(=O)OC1C(OC(=N)C(Cl)(Cl)Cl)OC(COCc2ccccc2)C(OCc2ccccc2)C1OCc1ccccc1. The van der Waals surface area contributed by atoms with Crippen LogP contribution in [-0.2, 0) is 53.0 Å². The number of nitrogens with one attached hydrogen (secondary N) is 1. The van der Waals surface area contributed by atoms with Gasteiger partial charge in [-0.3, -0.25) is 10.2 Å². The first kappa shape index (κ1) is 32.2.